The van der Waals surface area contributed by atoms with Crippen LogP contribution in [0.1, 0.15) is 11.8 Å². The zero-order chi connectivity index (χ0) is 15.5. The summed E-state index contributed by atoms with van der Waals surface area (Å²) in [6.45, 7) is 3.32. The lowest BCUT2D eigenvalue weighted by Crippen LogP contribution is -2.13. The topological polar surface area (TPSA) is 58.2 Å². The number of anilines is 1. The molecule has 114 valence electrons. The van der Waals surface area contributed by atoms with Crippen LogP contribution < -0.4 is 10.0 Å². The van der Waals surface area contributed by atoms with E-state index in [-0.39, 0.29) is 10.6 Å². The molecule has 1 aromatic carbocycles. The summed E-state index contributed by atoms with van der Waals surface area (Å²) in [7, 11) is -3.80. The number of thiophene rings is 1. The van der Waals surface area contributed by atoms with Gasteiger partial charge in [-0.15, -0.1) is 11.3 Å². The molecule has 0 spiro atoms. The van der Waals surface area contributed by atoms with Gasteiger partial charge in [0.1, 0.15) is 0 Å². The molecule has 2 rings (SSSR count). The zero-order valence-electron chi connectivity index (χ0n) is 11.2. The maximum absolute atomic E-state index is 13.1. The van der Waals surface area contributed by atoms with Gasteiger partial charge in [-0.25, -0.2) is 17.2 Å². The molecule has 21 heavy (non-hydrogen) atoms. The minimum absolute atomic E-state index is 0.0201. The Kier molecular flexibility index (Phi) is 4.92. The Labute approximate surface area is 125 Å². The van der Waals surface area contributed by atoms with Crippen molar-refractivity contribution in [3.8, 4) is 0 Å². The second-order valence-electron chi connectivity index (χ2n) is 4.26. The Hall–Kier alpha value is -1.51. The van der Waals surface area contributed by atoms with Crippen LogP contribution in [0.25, 0.3) is 0 Å². The van der Waals surface area contributed by atoms with E-state index in [9.17, 15) is 17.2 Å². The van der Waals surface area contributed by atoms with E-state index in [0.717, 1.165) is 23.6 Å². The van der Waals surface area contributed by atoms with E-state index in [1.807, 2.05) is 6.92 Å². The summed E-state index contributed by atoms with van der Waals surface area (Å²) in [6.07, 6.45) is 0. The number of halogens is 2. The highest BCUT2D eigenvalue weighted by Crippen LogP contribution is 2.22. The first kappa shape index (κ1) is 15.9. The molecule has 8 heteroatoms. The summed E-state index contributed by atoms with van der Waals surface area (Å²) in [6, 6.07) is 4.40. The van der Waals surface area contributed by atoms with E-state index in [1.54, 1.807) is 6.07 Å². The lowest BCUT2D eigenvalue weighted by Gasteiger charge is -2.06. The molecule has 0 amide bonds. The fourth-order valence-corrected chi connectivity index (χ4v) is 3.91. The Morgan fingerprint density at radius 1 is 1.19 bits per heavy atom. The van der Waals surface area contributed by atoms with Crippen molar-refractivity contribution in [2.24, 2.45) is 0 Å². The van der Waals surface area contributed by atoms with Crippen LogP contribution in [0.15, 0.2) is 34.5 Å². The van der Waals surface area contributed by atoms with Crippen molar-refractivity contribution in [3.63, 3.8) is 0 Å². The van der Waals surface area contributed by atoms with Crippen molar-refractivity contribution in [1.29, 1.82) is 0 Å². The summed E-state index contributed by atoms with van der Waals surface area (Å²) in [5.41, 5.74) is -0.0201. The molecule has 1 heterocycles. The van der Waals surface area contributed by atoms with Crippen molar-refractivity contribution in [2.45, 2.75) is 18.4 Å². The number of nitrogens with one attached hydrogen (secondary N) is 2. The van der Waals surface area contributed by atoms with E-state index in [1.165, 1.54) is 22.8 Å². The quantitative estimate of drug-likeness (QED) is 0.855. The van der Waals surface area contributed by atoms with Gasteiger partial charge in [0.05, 0.1) is 10.6 Å². The molecule has 0 aliphatic heterocycles. The largest absolute Gasteiger partial charge is 0.312 e. The summed E-state index contributed by atoms with van der Waals surface area (Å²) in [5, 5.41) is 4.61. The normalized spacial score (nSPS) is 11.6. The lowest BCUT2D eigenvalue weighted by atomic mass is 10.3. The summed E-state index contributed by atoms with van der Waals surface area (Å²) in [5.74, 6) is -2.13. The first-order valence-electron chi connectivity index (χ1n) is 6.18. The third kappa shape index (κ3) is 3.99. The van der Waals surface area contributed by atoms with E-state index >= 15 is 0 Å². The third-order valence-corrected chi connectivity index (χ3v) is 5.11. The van der Waals surface area contributed by atoms with Crippen molar-refractivity contribution in [2.75, 3.05) is 11.3 Å². The van der Waals surface area contributed by atoms with Gasteiger partial charge < -0.3 is 5.32 Å². The average Bonchev–Trinajstić information content (AvgIpc) is 2.90. The van der Waals surface area contributed by atoms with Gasteiger partial charge in [-0.3, -0.25) is 4.72 Å². The van der Waals surface area contributed by atoms with E-state index < -0.39 is 21.7 Å². The SMILES string of the molecule is CCNCc1cc(S(=O)(=O)Nc2ccc(F)c(F)c2)cs1. The smallest absolute Gasteiger partial charge is 0.262 e. The second-order valence-corrected chi connectivity index (χ2v) is 6.94. The van der Waals surface area contributed by atoms with Gasteiger partial charge in [-0.05, 0) is 24.7 Å². The highest BCUT2D eigenvalue weighted by molar-refractivity contribution is 7.92. The van der Waals surface area contributed by atoms with Crippen LogP contribution in [-0.4, -0.2) is 15.0 Å². The standard InChI is InChI=1S/C13H14F2N2O2S2/c1-2-16-7-10-6-11(8-20-10)21(18,19)17-9-3-4-12(14)13(15)5-9/h3-6,8,16-17H,2,7H2,1H3. The molecule has 0 fully saturated rings. The number of rotatable bonds is 6. The van der Waals surface area contributed by atoms with Gasteiger partial charge in [0.15, 0.2) is 11.6 Å². The van der Waals surface area contributed by atoms with Gasteiger partial charge in [0.2, 0.25) is 0 Å². The Morgan fingerprint density at radius 3 is 2.62 bits per heavy atom. The first-order valence-corrected chi connectivity index (χ1v) is 8.54. The minimum atomic E-state index is -3.80. The number of hydrogen-bond acceptors (Lipinski definition) is 4. The second kappa shape index (κ2) is 6.50. The van der Waals surface area contributed by atoms with Gasteiger partial charge in [-0.1, -0.05) is 6.92 Å². The zero-order valence-corrected chi connectivity index (χ0v) is 12.8. The van der Waals surface area contributed by atoms with Crippen molar-refractivity contribution in [3.05, 3.63) is 46.2 Å². The van der Waals surface area contributed by atoms with Crippen molar-refractivity contribution < 1.29 is 17.2 Å². The van der Waals surface area contributed by atoms with E-state index in [2.05, 4.69) is 10.0 Å². The van der Waals surface area contributed by atoms with Gasteiger partial charge >= 0.3 is 0 Å². The number of benzene rings is 1. The molecule has 0 aliphatic carbocycles. The van der Waals surface area contributed by atoms with Gasteiger partial charge in [-0.2, -0.15) is 0 Å². The molecule has 0 bridgehead atoms. The van der Waals surface area contributed by atoms with Crippen LogP contribution in [0.5, 0.6) is 0 Å². The molecule has 2 N–H and O–H groups in total. The summed E-state index contributed by atoms with van der Waals surface area (Å²) >= 11 is 1.32. The predicted molar refractivity (Wildman–Crippen MR) is 78.9 cm³/mol. The van der Waals surface area contributed by atoms with Crippen LogP contribution >= 0.6 is 11.3 Å². The predicted octanol–water partition coefficient (Wildman–Crippen LogP) is 2.94. The van der Waals surface area contributed by atoms with Crippen LogP contribution in [0, 0.1) is 11.6 Å². The molecule has 1 aromatic heterocycles. The maximum Gasteiger partial charge on any atom is 0.262 e. The molecule has 2 aromatic rings. The molecule has 0 saturated heterocycles. The van der Waals surface area contributed by atoms with Crippen molar-refractivity contribution >= 4 is 27.0 Å². The van der Waals surface area contributed by atoms with Crippen LogP contribution in [0.4, 0.5) is 14.5 Å². The minimum Gasteiger partial charge on any atom is -0.312 e. The maximum atomic E-state index is 13.1. The molecule has 0 unspecified atom stereocenters. The number of hydrogen-bond donors (Lipinski definition) is 2. The fraction of sp³-hybridized carbons (Fsp3) is 0.231. The highest BCUT2D eigenvalue weighted by atomic mass is 32.2. The molecular weight excluding hydrogens is 318 g/mol. The van der Waals surface area contributed by atoms with Crippen molar-refractivity contribution in [1.82, 2.24) is 5.32 Å². The molecular formula is C13H14F2N2O2S2. The van der Waals surface area contributed by atoms with E-state index in [0.29, 0.717) is 6.54 Å². The lowest BCUT2D eigenvalue weighted by molar-refractivity contribution is 0.509. The van der Waals surface area contributed by atoms with E-state index in [4.69, 9.17) is 0 Å². The van der Waals surface area contributed by atoms with Gasteiger partial charge in [0.25, 0.3) is 10.0 Å². The molecule has 4 nitrogen and oxygen atoms in total. The van der Waals surface area contributed by atoms with Gasteiger partial charge in [0, 0.05) is 22.9 Å². The summed E-state index contributed by atoms with van der Waals surface area (Å²) in [4.78, 5) is 0.979. The fourth-order valence-electron chi connectivity index (χ4n) is 1.62. The molecule has 0 radical (unpaired) electrons. The third-order valence-electron chi connectivity index (χ3n) is 2.66. The highest BCUT2D eigenvalue weighted by Gasteiger charge is 2.17. The number of sulfonamides is 1. The summed E-state index contributed by atoms with van der Waals surface area (Å²) < 4.78 is 52.4. The van der Waals surface area contributed by atoms with Crippen LogP contribution in [0.3, 0.4) is 0 Å². The average molecular weight is 332 g/mol. The molecule has 0 saturated carbocycles. The Bertz CT molecular complexity index is 730. The first-order chi connectivity index (χ1) is 9.92. The Morgan fingerprint density at radius 2 is 1.95 bits per heavy atom. The monoisotopic (exact) mass is 332 g/mol. The molecule has 0 atom stereocenters. The van der Waals surface area contributed by atoms with Crippen LogP contribution in [-0.2, 0) is 16.6 Å². The van der Waals surface area contributed by atoms with Crippen LogP contribution in [0.2, 0.25) is 0 Å². The Balaban J connectivity index is 2.17. The molecule has 0 aliphatic rings.